The Morgan fingerprint density at radius 3 is 1.72 bits per heavy atom. The molecule has 4 atom stereocenters. The van der Waals surface area contributed by atoms with Crippen LogP contribution in [0.25, 0.3) is 0 Å². The van der Waals surface area contributed by atoms with Crippen molar-refractivity contribution in [2.24, 2.45) is 0 Å². The molecule has 2 fully saturated rings. The van der Waals surface area contributed by atoms with Crippen LogP contribution in [0.2, 0.25) is 0 Å². The maximum absolute atomic E-state index is 13.9. The zero-order valence-corrected chi connectivity index (χ0v) is 33.1. The van der Waals surface area contributed by atoms with E-state index in [1.807, 2.05) is 6.07 Å². The minimum absolute atomic E-state index is 0. The first kappa shape index (κ1) is 46.4. The van der Waals surface area contributed by atoms with Gasteiger partial charge in [-0.2, -0.15) is 0 Å². The van der Waals surface area contributed by atoms with Gasteiger partial charge >= 0.3 is 30.2 Å². The van der Waals surface area contributed by atoms with Crippen LogP contribution < -0.4 is 5.32 Å². The van der Waals surface area contributed by atoms with E-state index in [1.54, 1.807) is 59.7 Å². The van der Waals surface area contributed by atoms with Crippen molar-refractivity contribution in [3.05, 3.63) is 70.3 Å². The molecular weight excluding hydrogens is 750 g/mol. The highest BCUT2D eigenvalue weighted by Gasteiger charge is 2.45. The predicted octanol–water partition coefficient (Wildman–Crippen LogP) is 5.42. The number of methoxy groups -OCH3 is 2. The number of amides is 3. The molecule has 2 aromatic rings. The zero-order valence-electron chi connectivity index (χ0n) is 33.1. The molecule has 0 unspecified atom stereocenters. The lowest BCUT2D eigenvalue weighted by atomic mass is 10.1. The quantitative estimate of drug-likeness (QED) is 0.298. The van der Waals surface area contributed by atoms with Gasteiger partial charge in [-0.1, -0.05) is 31.7 Å². The van der Waals surface area contributed by atoms with Crippen molar-refractivity contribution < 1.29 is 61.5 Å². The highest BCUT2D eigenvalue weighted by atomic mass is 19.1. The highest BCUT2D eigenvalue weighted by molar-refractivity contribution is 5.83. The summed E-state index contributed by atoms with van der Waals surface area (Å²) in [6, 6.07) is 8.26. The number of esters is 2. The number of aliphatic hydroxyl groups excluding tert-OH is 1. The molecular formula is C40H56F2N4O11. The Kier molecular flexibility index (Phi) is 15.8. The Morgan fingerprint density at radius 2 is 1.21 bits per heavy atom. The molecule has 2 saturated heterocycles. The maximum Gasteiger partial charge on any atom is 0.411 e. The lowest BCUT2D eigenvalue weighted by Crippen LogP contribution is -2.44. The third-order valence-corrected chi connectivity index (χ3v) is 9.03. The van der Waals surface area contributed by atoms with Crippen molar-refractivity contribution >= 4 is 30.2 Å². The van der Waals surface area contributed by atoms with E-state index in [0.717, 1.165) is 23.2 Å². The van der Waals surface area contributed by atoms with Gasteiger partial charge in [-0.05, 0) is 64.8 Å². The molecule has 17 heteroatoms. The molecule has 316 valence electrons. The Labute approximate surface area is 332 Å². The highest BCUT2D eigenvalue weighted by Crippen LogP contribution is 2.29. The second-order valence-corrected chi connectivity index (χ2v) is 15.7. The fraction of sp³-hybridized carbons (Fsp3) is 0.575. The molecule has 0 aliphatic carbocycles. The summed E-state index contributed by atoms with van der Waals surface area (Å²) in [6.07, 6.45) is -3.04. The molecule has 0 radical (unpaired) electrons. The lowest BCUT2D eigenvalue weighted by molar-refractivity contribution is -0.146. The van der Waals surface area contributed by atoms with E-state index in [0.29, 0.717) is 12.1 Å². The summed E-state index contributed by atoms with van der Waals surface area (Å²) in [5.74, 6) is -1.58. The van der Waals surface area contributed by atoms with Crippen molar-refractivity contribution in [3.8, 4) is 0 Å². The number of β-amino-alcohol motifs (C(OH)–C–C–N with tert-alkyl or cyclic N) is 1. The van der Waals surface area contributed by atoms with Crippen molar-refractivity contribution in [2.45, 2.75) is 123 Å². The third-order valence-electron chi connectivity index (χ3n) is 9.03. The second kappa shape index (κ2) is 19.4. The molecule has 0 saturated carbocycles. The molecule has 4 aliphatic heterocycles. The minimum Gasteiger partial charge on any atom is -0.467 e. The summed E-state index contributed by atoms with van der Waals surface area (Å²) in [6.45, 7) is 12.3. The number of carbonyl (C=O) groups is 5. The number of benzene rings is 2. The van der Waals surface area contributed by atoms with Gasteiger partial charge in [-0.25, -0.2) is 32.8 Å². The first-order valence-corrected chi connectivity index (χ1v) is 18.2. The lowest BCUT2D eigenvalue weighted by Gasteiger charge is -2.27. The van der Waals surface area contributed by atoms with E-state index in [2.05, 4.69) is 10.1 Å². The first-order chi connectivity index (χ1) is 26.2. The predicted molar refractivity (Wildman–Crippen MR) is 202 cm³/mol. The molecule has 3 amide bonds. The van der Waals surface area contributed by atoms with Crippen LogP contribution in [0.1, 0.15) is 84.1 Å². The van der Waals surface area contributed by atoms with Crippen molar-refractivity contribution in [1.82, 2.24) is 20.0 Å². The van der Waals surface area contributed by atoms with Gasteiger partial charge in [0.1, 0.15) is 41.0 Å². The van der Waals surface area contributed by atoms with Gasteiger partial charge in [0, 0.05) is 43.6 Å². The first-order valence-electron chi connectivity index (χ1n) is 18.2. The molecule has 57 heavy (non-hydrogen) atoms. The molecule has 0 aromatic heterocycles. The number of nitrogens with zero attached hydrogens (tertiary/aromatic N) is 3. The average Bonchev–Trinajstić information content (AvgIpc) is 3.93. The molecule has 4 heterocycles. The Hall–Kier alpha value is -5.03. The number of halogens is 2. The van der Waals surface area contributed by atoms with E-state index in [1.165, 1.54) is 41.1 Å². The summed E-state index contributed by atoms with van der Waals surface area (Å²) in [4.78, 5) is 64.2. The number of rotatable bonds is 3. The number of fused-ring (bicyclic) bond motifs is 2. The van der Waals surface area contributed by atoms with E-state index >= 15 is 0 Å². The molecule has 15 nitrogen and oxygen atoms in total. The minimum atomic E-state index is -0.902. The van der Waals surface area contributed by atoms with Gasteiger partial charge in [0.25, 0.3) is 0 Å². The van der Waals surface area contributed by atoms with Crippen molar-refractivity contribution in [2.75, 3.05) is 27.3 Å². The number of nitrogens with one attached hydrogen (secondary N) is 1. The Morgan fingerprint density at radius 1 is 0.702 bits per heavy atom. The summed E-state index contributed by atoms with van der Waals surface area (Å²) >= 11 is 0. The number of ether oxygens (including phenoxy) is 5. The normalized spacial score (nSPS) is 20.7. The van der Waals surface area contributed by atoms with Gasteiger partial charge in [0.2, 0.25) is 0 Å². The fourth-order valence-corrected chi connectivity index (χ4v) is 6.48. The fourth-order valence-electron chi connectivity index (χ4n) is 6.48. The van der Waals surface area contributed by atoms with E-state index in [-0.39, 0.29) is 58.1 Å². The van der Waals surface area contributed by atoms with Crippen LogP contribution in [0.3, 0.4) is 0 Å². The standard InChI is InChI=1S/C20H25FN2O6.C11H19NO5.C8H8FN.CH4/c1-20(2,3)29-19(26)23-10-13(8-16(23)17(24)27-4)28-18(25)22-9-12-6-5-7-15(21)14(12)11-22;1-11(2,3)17-10(15)12-6-7(13)5-8(12)9(14)16-4;9-8-3-1-2-6-4-10-5-7(6)8;/h5-7,13,16H,8-11H2,1-4H3;7-8,13H,5-6H2,1-4H3;1-3,10H,4-5H2;1H4/t13-,16+;7-,8+;;/m11../s1. The Balaban J connectivity index is 0.000000261. The van der Waals surface area contributed by atoms with E-state index < -0.39 is 65.7 Å². The van der Waals surface area contributed by atoms with Crippen LogP contribution in [0.15, 0.2) is 36.4 Å². The monoisotopic (exact) mass is 806 g/mol. The van der Waals surface area contributed by atoms with Gasteiger partial charge in [0.15, 0.2) is 0 Å². The summed E-state index contributed by atoms with van der Waals surface area (Å²) in [5, 5.41) is 12.6. The number of hydrogen-bond donors (Lipinski definition) is 2. The number of aliphatic hydroxyl groups is 1. The third kappa shape index (κ3) is 12.5. The number of likely N-dealkylation sites (tertiary alicyclic amines) is 2. The molecule has 6 rings (SSSR count). The summed E-state index contributed by atoms with van der Waals surface area (Å²) < 4.78 is 52.1. The molecule has 2 aromatic carbocycles. The van der Waals surface area contributed by atoms with Crippen molar-refractivity contribution in [1.29, 1.82) is 0 Å². The van der Waals surface area contributed by atoms with Gasteiger partial charge < -0.3 is 34.1 Å². The molecule has 4 aliphatic rings. The van der Waals surface area contributed by atoms with Crippen LogP contribution in [0.5, 0.6) is 0 Å². The maximum atomic E-state index is 13.9. The van der Waals surface area contributed by atoms with E-state index in [9.17, 15) is 37.9 Å². The number of carbonyl (C=O) groups excluding carboxylic acids is 5. The van der Waals surface area contributed by atoms with Gasteiger partial charge in [-0.3, -0.25) is 14.7 Å². The van der Waals surface area contributed by atoms with Crippen LogP contribution in [-0.4, -0.2) is 113 Å². The van der Waals surface area contributed by atoms with Gasteiger partial charge in [0.05, 0.1) is 40.0 Å². The molecule has 2 N–H and O–H groups in total. The van der Waals surface area contributed by atoms with Crippen LogP contribution in [0, 0.1) is 11.6 Å². The smallest absolute Gasteiger partial charge is 0.411 e. The summed E-state index contributed by atoms with van der Waals surface area (Å²) in [5.41, 5.74) is 1.76. The SMILES string of the molecule is C.COC(=O)[C@@H]1C[C@@H](O)CN1C(=O)OC(C)(C)C.COC(=O)[C@@H]1C[C@@H](OC(=O)N2Cc3cccc(F)c3C2)CN1C(=O)OC(C)(C)C.Fc1cccc2c1CNC2. The topological polar surface area (TPSA) is 173 Å². The second-order valence-electron chi connectivity index (χ2n) is 15.7. The molecule has 0 bridgehead atoms. The zero-order chi connectivity index (χ0) is 41.5. The average molecular weight is 807 g/mol. The van der Waals surface area contributed by atoms with Crippen LogP contribution in [-0.2, 0) is 59.5 Å². The largest absolute Gasteiger partial charge is 0.467 e. The van der Waals surface area contributed by atoms with Crippen molar-refractivity contribution in [3.63, 3.8) is 0 Å². The Bertz CT molecular complexity index is 1760. The van der Waals surface area contributed by atoms with Crippen LogP contribution in [0.4, 0.5) is 23.2 Å². The molecule has 0 spiro atoms. The van der Waals surface area contributed by atoms with Gasteiger partial charge in [-0.15, -0.1) is 0 Å². The van der Waals surface area contributed by atoms with E-state index in [4.69, 9.17) is 18.9 Å². The number of hydrogen-bond acceptors (Lipinski definition) is 12. The van der Waals surface area contributed by atoms with Crippen LogP contribution >= 0.6 is 0 Å². The summed E-state index contributed by atoms with van der Waals surface area (Å²) in [7, 11) is 2.48.